The number of aromatic nitrogens is 2. The molecule has 0 aliphatic carbocycles. The Kier molecular flexibility index (Phi) is 16.8. The lowest BCUT2D eigenvalue weighted by molar-refractivity contribution is -0.139. The molecule has 508 valence electrons. The molecule has 6 bridgehead atoms. The highest BCUT2D eigenvalue weighted by Crippen LogP contribution is 2.43. The van der Waals surface area contributed by atoms with E-state index in [4.69, 9.17) is 28.9 Å². The highest BCUT2D eigenvalue weighted by atomic mass is 19.4. The maximum Gasteiger partial charge on any atom is 0.419 e. The molecule has 14 rings (SSSR count). The lowest BCUT2D eigenvalue weighted by atomic mass is 9.99. The number of allylic oxidation sites excluding steroid dienone is 4. The summed E-state index contributed by atoms with van der Waals surface area (Å²) in [5.74, 6) is -6.53. The highest BCUT2D eigenvalue weighted by molar-refractivity contribution is 6.32. The third-order valence-electron chi connectivity index (χ3n) is 16.8. The molecule has 8 aromatic carbocycles. The maximum atomic E-state index is 14.1. The number of nitrogens with zero attached hydrogens (tertiary/aromatic N) is 4. The van der Waals surface area contributed by atoms with Crippen LogP contribution in [0.2, 0.25) is 0 Å². The third-order valence-corrected chi connectivity index (χ3v) is 16.8. The molecule has 4 aliphatic heterocycles. The lowest BCUT2D eigenvalue weighted by Crippen LogP contribution is -2.42. The number of carbonyl (C=O) groups excluding carboxylic acids is 4. The van der Waals surface area contributed by atoms with Crippen molar-refractivity contribution in [3.05, 3.63) is 348 Å². The number of aliphatic imine (C=N–C) groups is 2. The average molecular weight is 1390 g/mol. The number of para-hydroxylation sites is 3. The van der Waals surface area contributed by atoms with Crippen LogP contribution in [-0.4, -0.2) is 44.7 Å². The number of alkyl halides is 12. The summed E-state index contributed by atoms with van der Waals surface area (Å²) in [5.41, 5.74) is 3.18. The van der Waals surface area contributed by atoms with Gasteiger partial charge in [0.15, 0.2) is 0 Å². The third kappa shape index (κ3) is 12.9. The van der Waals surface area contributed by atoms with Gasteiger partial charge in [-0.25, -0.2) is 44.0 Å². The van der Waals surface area contributed by atoms with E-state index in [9.17, 15) is 71.9 Å². The zero-order valence-electron chi connectivity index (χ0n) is 51.9. The van der Waals surface area contributed by atoms with Crippen molar-refractivity contribution in [1.29, 1.82) is 0 Å². The number of hydrogen-bond donors (Lipinski definition) is 1. The maximum absolute atomic E-state index is 14.1. The predicted molar refractivity (Wildman–Crippen MR) is 349 cm³/mol. The van der Waals surface area contributed by atoms with Crippen LogP contribution >= 0.6 is 0 Å². The summed E-state index contributed by atoms with van der Waals surface area (Å²) in [6, 6.07) is 47.4. The SMILES string of the molecule is O=C(OCc1ccccc1C(F)(F)F)c1ccc(/C2=c3\cc/c4n3Nn3c(ccc3/C(c3ccc(C(=O)Oc5ccccc5C(F)(F)F)cc3)=C3/C=CC(=N3)/C=4c3ccc(C(=O)Oc4ccccc4C(F)(F)F)cc3)/C(c3ccc(C(=O)Oc4ccccc4C(F)(F)F)cc3)=C3/C=CC2=N3)cc1. The number of ether oxygens (including phenoxy) is 4. The van der Waals surface area contributed by atoms with Gasteiger partial charge in [-0.2, -0.15) is 52.7 Å². The van der Waals surface area contributed by atoms with Crippen LogP contribution in [0.25, 0.3) is 22.3 Å². The molecule has 102 heavy (non-hydrogen) atoms. The van der Waals surface area contributed by atoms with E-state index in [0.29, 0.717) is 89.4 Å². The molecule has 25 heteroatoms. The Morgan fingerprint density at radius 1 is 0.333 bits per heavy atom. The molecular formula is C77H43F12N5O8. The van der Waals surface area contributed by atoms with Crippen LogP contribution in [0.4, 0.5) is 52.7 Å². The summed E-state index contributed by atoms with van der Waals surface area (Å²) in [6.07, 6.45) is -12.6. The van der Waals surface area contributed by atoms with E-state index in [1.165, 1.54) is 121 Å². The summed E-state index contributed by atoms with van der Waals surface area (Å²) < 4.78 is 193. The Bertz CT molecular complexity index is 5450. The van der Waals surface area contributed by atoms with Crippen molar-refractivity contribution in [1.82, 2.24) is 9.35 Å². The molecule has 0 radical (unpaired) electrons. The zero-order chi connectivity index (χ0) is 71.6. The monoisotopic (exact) mass is 1390 g/mol. The molecule has 0 saturated heterocycles. The number of nitrogens with one attached hydrogen (secondary N) is 1. The van der Waals surface area contributed by atoms with Gasteiger partial charge in [-0.05, 0) is 162 Å². The number of halogens is 12. The van der Waals surface area contributed by atoms with Gasteiger partial charge in [0.2, 0.25) is 0 Å². The highest BCUT2D eigenvalue weighted by Gasteiger charge is 2.39. The molecule has 0 fully saturated rings. The van der Waals surface area contributed by atoms with E-state index in [1.54, 1.807) is 70.1 Å². The van der Waals surface area contributed by atoms with Crippen molar-refractivity contribution in [3.8, 4) is 17.2 Å². The van der Waals surface area contributed by atoms with Gasteiger partial charge in [0.1, 0.15) is 23.9 Å². The number of rotatable bonds is 13. The zero-order valence-corrected chi connectivity index (χ0v) is 51.9. The second-order valence-corrected chi connectivity index (χ2v) is 23.1. The molecule has 13 nitrogen and oxygen atoms in total. The fraction of sp³-hybridized carbons (Fsp3) is 0.0649. The quantitative estimate of drug-likeness (QED) is 0.0675. The van der Waals surface area contributed by atoms with Crippen LogP contribution in [0.1, 0.15) is 103 Å². The number of benzene rings is 8. The van der Waals surface area contributed by atoms with Crippen LogP contribution in [0.15, 0.2) is 264 Å². The van der Waals surface area contributed by atoms with Crippen molar-refractivity contribution in [2.75, 3.05) is 5.53 Å². The summed E-state index contributed by atoms with van der Waals surface area (Å²) in [7, 11) is 0. The molecule has 0 atom stereocenters. The van der Waals surface area contributed by atoms with Gasteiger partial charge in [0.25, 0.3) is 0 Å². The Balaban J connectivity index is 0.955. The lowest BCUT2D eigenvalue weighted by Gasteiger charge is -2.24. The van der Waals surface area contributed by atoms with E-state index in [0.717, 1.165) is 60.7 Å². The number of fused-ring (bicyclic) bond motifs is 2. The molecule has 0 spiro atoms. The fourth-order valence-electron chi connectivity index (χ4n) is 12.0. The predicted octanol–water partition coefficient (Wildman–Crippen LogP) is 16.4. The minimum Gasteiger partial charge on any atom is -0.457 e. The van der Waals surface area contributed by atoms with Crippen LogP contribution in [0, 0.1) is 0 Å². The van der Waals surface area contributed by atoms with Crippen LogP contribution < -0.4 is 30.4 Å². The molecule has 0 unspecified atom stereocenters. The molecule has 0 saturated carbocycles. The second kappa shape index (κ2) is 25.8. The minimum atomic E-state index is -4.87. The first-order valence-corrected chi connectivity index (χ1v) is 30.6. The molecular weight excluding hydrogens is 1350 g/mol. The van der Waals surface area contributed by atoms with E-state index in [-0.39, 0.29) is 27.8 Å². The van der Waals surface area contributed by atoms with Gasteiger partial charge in [0.05, 0.1) is 89.4 Å². The molecule has 2 aromatic heterocycles. The van der Waals surface area contributed by atoms with Gasteiger partial charge in [0, 0.05) is 27.9 Å². The summed E-state index contributed by atoms with van der Waals surface area (Å²) in [4.78, 5) is 65.4. The van der Waals surface area contributed by atoms with Crippen LogP contribution in [-0.2, 0) is 36.0 Å². The van der Waals surface area contributed by atoms with Gasteiger partial charge in [-0.1, -0.05) is 103 Å². The standard InChI is InChI=1S/C77H43F12N5O8/c78-74(79,80)51-10-2-1-9-50(51)41-99-70(95)46-25-17-42(18-26-46)66-55-33-34-56(90-55)67(43-19-27-47(28-20-43)71(96)100-63-14-6-3-11-52(63)75(81,82)83)61-39-40-62-69(45-23-31-49(32-24-45)73(98)102-65-16-8-5-13-54(65)77(87,88)89)58-36-35-57(91-58)68(60-38-37-59(66)93(60)92-94(61)62)44-21-29-48(30-22-44)72(97)101-64-15-7-4-12-53(64)76(84,85)86/h1-40,92H,41H2/b66-55?,66-59-,67-56-,67-61?,68-57?,68-60+,69-58-,69-62?. The van der Waals surface area contributed by atoms with E-state index >= 15 is 0 Å². The van der Waals surface area contributed by atoms with Crippen LogP contribution in [0.5, 0.6) is 17.2 Å². The minimum absolute atomic E-state index is 0.0456. The first-order chi connectivity index (χ1) is 48.7. The summed E-state index contributed by atoms with van der Waals surface area (Å²) in [5, 5.41) is 0.719. The summed E-state index contributed by atoms with van der Waals surface area (Å²) >= 11 is 0. The van der Waals surface area contributed by atoms with E-state index in [2.05, 4.69) is 5.53 Å². The summed E-state index contributed by atoms with van der Waals surface area (Å²) in [6.45, 7) is -0.716. The van der Waals surface area contributed by atoms with E-state index in [1.807, 2.05) is 0 Å². The first-order valence-electron chi connectivity index (χ1n) is 30.6. The smallest absolute Gasteiger partial charge is 0.419 e. The fourth-order valence-corrected chi connectivity index (χ4v) is 12.0. The molecule has 6 heterocycles. The Labute approximate surface area is 568 Å². The molecule has 1 N–H and O–H groups in total. The van der Waals surface area contributed by atoms with Crippen molar-refractivity contribution in [2.45, 2.75) is 31.3 Å². The topological polar surface area (TPSA) is 152 Å². The Morgan fingerprint density at radius 2 is 0.647 bits per heavy atom. The number of hydrogen-bond acceptors (Lipinski definition) is 11. The molecule has 10 aromatic rings. The van der Waals surface area contributed by atoms with E-state index < -0.39 is 94.7 Å². The molecule has 0 amide bonds. The Morgan fingerprint density at radius 3 is 1.00 bits per heavy atom. The number of esters is 4. The van der Waals surface area contributed by atoms with Gasteiger partial charge in [-0.15, -0.1) is 0 Å². The van der Waals surface area contributed by atoms with Crippen molar-refractivity contribution >= 4 is 57.6 Å². The normalized spacial score (nSPS) is 16.5. The largest absolute Gasteiger partial charge is 0.457 e. The van der Waals surface area contributed by atoms with Crippen molar-refractivity contribution < 1.29 is 90.8 Å². The second-order valence-electron chi connectivity index (χ2n) is 23.1. The van der Waals surface area contributed by atoms with Gasteiger partial charge in [-0.3, -0.25) is 0 Å². The molecule has 4 aliphatic rings. The Hall–Kier alpha value is -12.8. The van der Waals surface area contributed by atoms with Gasteiger partial charge >= 0.3 is 48.6 Å². The average Bonchev–Trinajstić information content (AvgIpc) is 1.56. The van der Waals surface area contributed by atoms with Crippen molar-refractivity contribution in [2.24, 2.45) is 9.98 Å². The first kappa shape index (κ1) is 66.4. The van der Waals surface area contributed by atoms with Gasteiger partial charge < -0.3 is 18.9 Å². The van der Waals surface area contributed by atoms with Crippen LogP contribution in [0.3, 0.4) is 0 Å². The van der Waals surface area contributed by atoms with Crippen molar-refractivity contribution in [3.63, 3.8) is 0 Å². The number of carbonyl (C=O) groups is 4.